The zero-order valence-corrected chi connectivity index (χ0v) is 35.1. The number of aldehydes is 1. The number of aromatic amines is 1. The maximum Gasteiger partial charge on any atom is 0.476 e. The van der Waals surface area contributed by atoms with Gasteiger partial charge < -0.3 is 80.9 Å². The summed E-state index contributed by atoms with van der Waals surface area (Å²) in [6.07, 6.45) is -11.9. The second kappa shape index (κ2) is 21.9. The van der Waals surface area contributed by atoms with Crippen molar-refractivity contribution in [2.45, 2.75) is 116 Å². The van der Waals surface area contributed by atoms with Crippen molar-refractivity contribution in [2.24, 2.45) is 0 Å². The molecular weight excluding hydrogens is 898 g/mol. The number of hydrogen-bond donors (Lipinski definition) is 14. The Morgan fingerprint density at radius 3 is 2.39 bits per heavy atom. The molecule has 3 aliphatic heterocycles. The Kier molecular flexibility index (Phi) is 18.0. The molecule has 62 heavy (non-hydrogen) atoms. The Labute approximate surface area is 354 Å². The first-order valence-corrected chi connectivity index (χ1v) is 23.2. The van der Waals surface area contributed by atoms with Crippen molar-refractivity contribution in [3.05, 3.63) is 33.1 Å². The Morgan fingerprint density at radius 2 is 1.74 bits per heavy atom. The molecule has 0 radical (unpaired) electrons. The number of rotatable bonds is 24. The molecule has 14 N–H and O–H groups in total. The van der Waals surface area contributed by atoms with Gasteiger partial charge in [-0.15, -0.1) is 11.8 Å². The minimum Gasteiger partial charge on any atom is -0.463 e. The molecule has 1 aromatic heterocycles. The maximum atomic E-state index is 14.0. The highest BCUT2D eigenvalue weighted by atomic mass is 32.2. The molecule has 0 aliphatic carbocycles. The van der Waals surface area contributed by atoms with Crippen LogP contribution in [0.1, 0.15) is 51.2 Å². The number of aliphatic hydroxyl groups excluding tert-OH is 6. The molecule has 0 saturated carbocycles. The molecule has 0 aromatic carbocycles. The number of aromatic nitrogens is 2. The number of phosphoric acid groups is 1. The summed E-state index contributed by atoms with van der Waals surface area (Å²) < 4.78 is 39.0. The van der Waals surface area contributed by atoms with Crippen LogP contribution in [0.25, 0.3) is 0 Å². The van der Waals surface area contributed by atoms with Crippen LogP contribution in [0, 0.1) is 0 Å². The first-order chi connectivity index (χ1) is 29.0. The topological polar surface area (TPSA) is 432 Å². The van der Waals surface area contributed by atoms with E-state index in [0.29, 0.717) is 0 Å². The second-order valence-corrected chi connectivity index (χ2v) is 19.6. The quantitative estimate of drug-likeness (QED) is 0.0151. The van der Waals surface area contributed by atoms with Crippen LogP contribution in [-0.2, 0) is 42.1 Å². The van der Waals surface area contributed by atoms with E-state index in [-0.39, 0.29) is 44.1 Å². The number of thioether (sulfide) groups is 1. The first kappa shape index (κ1) is 51.0. The van der Waals surface area contributed by atoms with Gasteiger partial charge in [0.05, 0.1) is 24.3 Å². The van der Waals surface area contributed by atoms with Gasteiger partial charge in [0.25, 0.3) is 5.56 Å². The number of aliphatic hydroxyl groups is 6. The monoisotopic (exact) mass is 948 g/mol. The molecule has 4 heterocycles. The molecular formula is C32H50N6O21P2S. The summed E-state index contributed by atoms with van der Waals surface area (Å²) in [7, 11) is -10.9. The van der Waals surface area contributed by atoms with Gasteiger partial charge in [-0.2, -0.15) is 0 Å². The van der Waals surface area contributed by atoms with E-state index in [1.54, 1.807) is 0 Å². The smallest absolute Gasteiger partial charge is 0.463 e. The predicted molar refractivity (Wildman–Crippen MR) is 208 cm³/mol. The average molecular weight is 949 g/mol. The summed E-state index contributed by atoms with van der Waals surface area (Å²) in [5.41, 5.74) is -3.36. The normalized spacial score (nSPS) is 28.0. The zero-order valence-electron chi connectivity index (χ0n) is 32.5. The van der Waals surface area contributed by atoms with Crippen LogP contribution in [0.5, 0.6) is 0 Å². The third-order valence-electron chi connectivity index (χ3n) is 10.4. The van der Waals surface area contributed by atoms with Gasteiger partial charge in [0.2, 0.25) is 11.8 Å². The molecule has 4 rings (SSSR count). The van der Waals surface area contributed by atoms with Crippen molar-refractivity contribution in [3.8, 4) is 0 Å². The van der Waals surface area contributed by atoms with E-state index >= 15 is 0 Å². The van der Waals surface area contributed by atoms with Gasteiger partial charge in [0.15, 0.2) is 6.23 Å². The number of urea groups is 1. The highest BCUT2D eigenvalue weighted by molar-refractivity contribution is 8.01. The minimum atomic E-state index is -5.60. The van der Waals surface area contributed by atoms with Gasteiger partial charge in [0, 0.05) is 37.4 Å². The summed E-state index contributed by atoms with van der Waals surface area (Å²) >= 11 is 1.13. The molecule has 3 aliphatic rings. The highest BCUT2D eigenvalue weighted by Gasteiger charge is 2.58. The summed E-state index contributed by atoms with van der Waals surface area (Å²) in [5.74, 6) is -2.24. The minimum absolute atomic E-state index is 0.0144. The van der Waals surface area contributed by atoms with Crippen LogP contribution in [0.15, 0.2) is 21.9 Å². The standard InChI is InChI=1S/C32H50N6O21P2S/c39-11-16(23(45)24(46)18(41)12-40)34-20(42)5-3-4-15(60(52,53)59-61(54,55)56)10-33-29(49)32(27-17(14-62-32)35-30(50)37-27)8-2-1-6-22(44)57-13-19-25(47)26(48)28(58-19)38-9-7-21(43)36-31(38)51/h7,9,11,15-19,23-28,40-41,45-48H,1-6,8,10,12-14H2,(H,33,49)(H,34,42)(H,52,53)(H2,35,37,50)(H,36,43,51)(H2,54,55,56)/t15?,16-,17-,18+,19+,23+,24-,25+,26+,27-,28+,32-/m0/s1. The fourth-order valence-corrected chi connectivity index (χ4v) is 11.3. The fourth-order valence-electron chi connectivity index (χ4n) is 7.08. The van der Waals surface area contributed by atoms with Gasteiger partial charge in [-0.1, -0.05) is 6.42 Å². The van der Waals surface area contributed by atoms with Crippen LogP contribution in [0.4, 0.5) is 4.79 Å². The molecule has 3 saturated heterocycles. The number of fused-ring (bicyclic) bond motifs is 1. The SMILES string of the molecule is O=C[C@H](NC(=O)CCCC(CNC(=O)[C@@]1(CCCCC(=O)OC[C@H]2O[C@@H](n3ccc(=O)[nH]c3=O)[C@H](O)[C@@H]2O)SC[C@@H]2NC(=O)N[C@@H]21)P(=O)(O)OP(=O)(O)O)[C@@H](O)[C@@H](O)[C@H](O)CO. The summed E-state index contributed by atoms with van der Waals surface area (Å²) in [5, 5.41) is 69.3. The number of carbonyl (C=O) groups excluding carboxylic acids is 5. The van der Waals surface area contributed by atoms with E-state index in [2.05, 4.69) is 25.6 Å². The van der Waals surface area contributed by atoms with Gasteiger partial charge in [-0.3, -0.25) is 33.3 Å². The van der Waals surface area contributed by atoms with E-state index in [9.17, 15) is 82.9 Å². The third kappa shape index (κ3) is 13.0. The Hall–Kier alpha value is -3.60. The number of nitrogens with zero attached hydrogens (tertiary/aromatic N) is 1. The van der Waals surface area contributed by atoms with E-state index in [4.69, 9.17) is 14.6 Å². The largest absolute Gasteiger partial charge is 0.476 e. The van der Waals surface area contributed by atoms with Crippen molar-refractivity contribution in [2.75, 3.05) is 25.5 Å². The molecule has 30 heteroatoms. The van der Waals surface area contributed by atoms with Crippen molar-refractivity contribution in [3.63, 3.8) is 0 Å². The Balaban J connectivity index is 1.36. The molecule has 2 unspecified atom stereocenters. The molecule has 350 valence electrons. The van der Waals surface area contributed by atoms with Crippen molar-refractivity contribution < 1.29 is 92.2 Å². The van der Waals surface area contributed by atoms with Crippen LogP contribution in [0.3, 0.4) is 0 Å². The predicted octanol–water partition coefficient (Wildman–Crippen LogP) is -5.50. The van der Waals surface area contributed by atoms with Gasteiger partial charge >= 0.3 is 33.1 Å². The average Bonchev–Trinajstić information content (AvgIpc) is 3.84. The van der Waals surface area contributed by atoms with Gasteiger partial charge in [-0.05, 0) is 25.7 Å². The molecule has 27 nitrogen and oxygen atoms in total. The number of ether oxygens (including phenoxy) is 2. The Morgan fingerprint density at radius 1 is 1.03 bits per heavy atom. The second-order valence-electron chi connectivity index (χ2n) is 14.7. The summed E-state index contributed by atoms with van der Waals surface area (Å²) in [4.78, 5) is 118. The lowest BCUT2D eigenvalue weighted by atomic mass is 9.88. The molecule has 13 atom stereocenters. The van der Waals surface area contributed by atoms with Gasteiger partial charge in [0.1, 0.15) is 60.3 Å². The number of hydrogen-bond acceptors (Lipinski definition) is 19. The zero-order chi connectivity index (χ0) is 46.2. The molecule has 0 bridgehead atoms. The number of esters is 1. The lowest BCUT2D eigenvalue weighted by molar-refractivity contribution is -0.150. The Bertz CT molecular complexity index is 1990. The van der Waals surface area contributed by atoms with Crippen LogP contribution >= 0.6 is 27.2 Å². The van der Waals surface area contributed by atoms with E-state index in [1.807, 2.05) is 4.98 Å². The summed E-state index contributed by atoms with van der Waals surface area (Å²) in [6, 6.07) is -2.70. The lowest BCUT2D eigenvalue weighted by Gasteiger charge is -2.33. The van der Waals surface area contributed by atoms with Crippen molar-refractivity contribution in [1.29, 1.82) is 0 Å². The third-order valence-corrected chi connectivity index (χ3v) is 15.2. The number of carbonyl (C=O) groups is 5. The number of H-pyrrole nitrogens is 1. The number of unbranched alkanes of at least 4 members (excludes halogenated alkanes) is 1. The van der Waals surface area contributed by atoms with Gasteiger partial charge in [-0.25, -0.2) is 18.5 Å². The summed E-state index contributed by atoms with van der Waals surface area (Å²) in [6.45, 7) is -2.25. The molecule has 1 aromatic rings. The number of nitrogens with one attached hydrogen (secondary N) is 5. The van der Waals surface area contributed by atoms with Crippen LogP contribution in [-0.4, -0.2) is 176 Å². The van der Waals surface area contributed by atoms with Crippen molar-refractivity contribution in [1.82, 2.24) is 30.8 Å². The highest BCUT2D eigenvalue weighted by Crippen LogP contribution is 2.60. The fraction of sp³-hybridized carbons (Fsp3) is 0.719. The van der Waals surface area contributed by atoms with E-state index in [1.165, 1.54) is 0 Å². The van der Waals surface area contributed by atoms with E-state index in [0.717, 1.165) is 28.6 Å². The molecule has 3 fully saturated rings. The van der Waals surface area contributed by atoms with Crippen molar-refractivity contribution >= 4 is 57.3 Å². The maximum absolute atomic E-state index is 14.0. The van der Waals surface area contributed by atoms with E-state index < -0.39 is 154 Å². The van der Waals surface area contributed by atoms with Crippen LogP contribution < -0.4 is 32.5 Å². The number of amides is 4. The molecule has 0 spiro atoms. The first-order valence-electron chi connectivity index (χ1n) is 19.0. The van der Waals surface area contributed by atoms with Crippen LogP contribution in [0.2, 0.25) is 0 Å². The lowest BCUT2D eigenvalue weighted by Crippen LogP contribution is -2.56. The molecule has 4 amide bonds.